The summed E-state index contributed by atoms with van der Waals surface area (Å²) < 4.78 is 12.2. The summed E-state index contributed by atoms with van der Waals surface area (Å²) in [6.07, 6.45) is 0.0548. The van der Waals surface area contributed by atoms with Gasteiger partial charge < -0.3 is 20.1 Å². The maximum Gasteiger partial charge on any atom is 0.327 e. The molecule has 13 heteroatoms. The molecular formula is C23H23N7O5S. The number of nitrogens with one attached hydrogen (secondary N) is 1. The van der Waals surface area contributed by atoms with Gasteiger partial charge in [0.15, 0.2) is 5.82 Å². The Labute approximate surface area is 209 Å². The SMILES string of the molecule is N=C(N)c1ccc(COc2nc(C3CC(=O)N3C(=O)N3CCOCC3)nn2C(=O)c2cccs2)cc1. The van der Waals surface area contributed by atoms with Gasteiger partial charge in [0.25, 0.3) is 5.91 Å². The molecule has 2 aromatic heterocycles. The van der Waals surface area contributed by atoms with E-state index in [1.54, 1.807) is 46.7 Å². The van der Waals surface area contributed by atoms with Gasteiger partial charge in [-0.05, 0) is 17.0 Å². The van der Waals surface area contributed by atoms with Crippen LogP contribution >= 0.6 is 11.3 Å². The number of carbonyl (C=O) groups is 3. The van der Waals surface area contributed by atoms with Gasteiger partial charge in [-0.3, -0.25) is 19.9 Å². The number of amidine groups is 1. The van der Waals surface area contributed by atoms with Gasteiger partial charge >= 0.3 is 12.0 Å². The van der Waals surface area contributed by atoms with Crippen molar-refractivity contribution in [1.82, 2.24) is 24.6 Å². The van der Waals surface area contributed by atoms with Crippen molar-refractivity contribution in [2.75, 3.05) is 26.3 Å². The number of nitrogens with zero attached hydrogens (tertiary/aromatic N) is 5. The molecular weight excluding hydrogens is 486 g/mol. The molecule has 0 saturated carbocycles. The highest BCUT2D eigenvalue weighted by molar-refractivity contribution is 7.12. The smallest absolute Gasteiger partial charge is 0.327 e. The van der Waals surface area contributed by atoms with Crippen LogP contribution in [-0.4, -0.2) is 74.5 Å². The van der Waals surface area contributed by atoms with Crippen LogP contribution < -0.4 is 10.5 Å². The fraction of sp³-hybridized carbons (Fsp3) is 0.304. The lowest BCUT2D eigenvalue weighted by atomic mass is 10.0. The zero-order valence-electron chi connectivity index (χ0n) is 19.1. The minimum atomic E-state index is -0.692. The van der Waals surface area contributed by atoms with E-state index in [2.05, 4.69) is 10.1 Å². The maximum absolute atomic E-state index is 13.1. The molecule has 4 heterocycles. The highest BCUT2D eigenvalue weighted by atomic mass is 32.1. The lowest BCUT2D eigenvalue weighted by Gasteiger charge is -2.40. The van der Waals surface area contributed by atoms with Gasteiger partial charge in [-0.1, -0.05) is 30.3 Å². The number of ether oxygens (including phenoxy) is 2. The summed E-state index contributed by atoms with van der Waals surface area (Å²) in [5.41, 5.74) is 6.85. The molecule has 2 aliphatic rings. The molecule has 1 unspecified atom stereocenters. The van der Waals surface area contributed by atoms with Crippen molar-refractivity contribution >= 4 is 35.0 Å². The third-order valence-corrected chi connectivity index (χ3v) is 6.74. The summed E-state index contributed by atoms with van der Waals surface area (Å²) in [4.78, 5) is 46.0. The van der Waals surface area contributed by atoms with Crippen LogP contribution in [0.5, 0.6) is 6.01 Å². The van der Waals surface area contributed by atoms with E-state index in [0.717, 1.165) is 15.1 Å². The Hall–Kier alpha value is -4.10. The molecule has 5 rings (SSSR count). The number of benzene rings is 1. The highest BCUT2D eigenvalue weighted by Crippen LogP contribution is 2.35. The first-order valence-electron chi connectivity index (χ1n) is 11.2. The predicted octanol–water partition coefficient (Wildman–Crippen LogP) is 1.62. The van der Waals surface area contributed by atoms with E-state index >= 15 is 0 Å². The molecule has 3 aromatic rings. The van der Waals surface area contributed by atoms with Crippen molar-refractivity contribution < 1.29 is 23.9 Å². The number of nitrogens with two attached hydrogens (primary N) is 1. The van der Waals surface area contributed by atoms with Crippen molar-refractivity contribution in [2.45, 2.75) is 19.1 Å². The second-order valence-corrected chi connectivity index (χ2v) is 9.16. The average Bonchev–Trinajstić information content (AvgIpc) is 3.57. The van der Waals surface area contributed by atoms with Crippen LogP contribution in [-0.2, 0) is 16.1 Å². The average molecular weight is 510 g/mol. The summed E-state index contributed by atoms with van der Waals surface area (Å²) in [7, 11) is 0. The lowest BCUT2D eigenvalue weighted by molar-refractivity contribution is -0.142. The van der Waals surface area contributed by atoms with E-state index in [4.69, 9.17) is 20.6 Å². The molecule has 2 saturated heterocycles. The fourth-order valence-electron chi connectivity index (χ4n) is 3.88. The minimum Gasteiger partial charge on any atom is -0.458 e. The standard InChI is InChI=1S/C23H23N7O5S/c24-19(25)15-5-3-14(4-6-15)13-35-22-26-20(27-30(22)21(32)17-2-1-11-36-17)16-12-18(31)29(16)23(33)28-7-9-34-10-8-28/h1-6,11,16H,7-10,12-13H2,(H3,24,25). The van der Waals surface area contributed by atoms with Crippen molar-refractivity contribution in [3.8, 4) is 6.01 Å². The number of hydrogen-bond acceptors (Lipinski definition) is 9. The first kappa shape index (κ1) is 23.6. The zero-order valence-corrected chi connectivity index (χ0v) is 19.9. The van der Waals surface area contributed by atoms with Crippen LogP contribution in [0.2, 0.25) is 0 Å². The van der Waals surface area contributed by atoms with Gasteiger partial charge in [0, 0.05) is 18.7 Å². The van der Waals surface area contributed by atoms with Gasteiger partial charge in [-0.15, -0.1) is 21.1 Å². The summed E-state index contributed by atoms with van der Waals surface area (Å²) in [6.45, 7) is 1.68. The molecule has 12 nitrogen and oxygen atoms in total. The zero-order chi connectivity index (χ0) is 25.2. The van der Waals surface area contributed by atoms with Crippen LogP contribution in [0.15, 0.2) is 41.8 Å². The predicted molar refractivity (Wildman–Crippen MR) is 128 cm³/mol. The lowest BCUT2D eigenvalue weighted by Crippen LogP contribution is -2.57. The fourth-order valence-corrected chi connectivity index (χ4v) is 4.53. The Morgan fingerprint density at radius 3 is 2.58 bits per heavy atom. The quantitative estimate of drug-likeness (QED) is 0.288. The Kier molecular flexibility index (Phi) is 6.48. The third kappa shape index (κ3) is 4.57. The number of β-lactam (4-membered cyclic amide) rings is 1. The van der Waals surface area contributed by atoms with Crippen molar-refractivity contribution in [1.29, 1.82) is 5.41 Å². The first-order valence-corrected chi connectivity index (χ1v) is 12.1. The molecule has 2 fully saturated rings. The van der Waals surface area contributed by atoms with Crippen LogP contribution in [0.25, 0.3) is 0 Å². The van der Waals surface area contributed by atoms with Gasteiger partial charge in [0.1, 0.15) is 18.5 Å². The number of morpholine rings is 1. The summed E-state index contributed by atoms with van der Waals surface area (Å²) >= 11 is 1.25. The topological polar surface area (TPSA) is 157 Å². The molecule has 1 atom stereocenters. The number of imide groups is 1. The molecule has 0 aliphatic carbocycles. The van der Waals surface area contributed by atoms with Gasteiger partial charge in [-0.2, -0.15) is 4.98 Å². The molecule has 2 aliphatic heterocycles. The second kappa shape index (κ2) is 9.87. The van der Waals surface area contributed by atoms with Crippen LogP contribution in [0.4, 0.5) is 4.79 Å². The number of hydrogen-bond donors (Lipinski definition) is 2. The van der Waals surface area contributed by atoms with Crippen molar-refractivity contribution in [2.24, 2.45) is 5.73 Å². The minimum absolute atomic E-state index is 0.0420. The monoisotopic (exact) mass is 509 g/mol. The number of nitrogen functional groups attached to an aromatic ring is 1. The van der Waals surface area contributed by atoms with E-state index in [1.165, 1.54) is 11.3 Å². The van der Waals surface area contributed by atoms with Crippen LogP contribution in [0, 0.1) is 5.41 Å². The van der Waals surface area contributed by atoms with Crippen molar-refractivity contribution in [3.05, 3.63) is 63.6 Å². The number of aromatic nitrogens is 3. The van der Waals surface area contributed by atoms with Gasteiger partial charge in [0.05, 0.1) is 24.5 Å². The Morgan fingerprint density at radius 1 is 1.19 bits per heavy atom. The van der Waals surface area contributed by atoms with Crippen LogP contribution in [0.3, 0.4) is 0 Å². The summed E-state index contributed by atoms with van der Waals surface area (Å²) in [5.74, 6) is -0.643. The highest BCUT2D eigenvalue weighted by Gasteiger charge is 2.46. The molecule has 0 bridgehead atoms. The van der Waals surface area contributed by atoms with E-state index < -0.39 is 18.0 Å². The first-order chi connectivity index (χ1) is 17.4. The van der Waals surface area contributed by atoms with Crippen molar-refractivity contribution in [3.63, 3.8) is 0 Å². The van der Waals surface area contributed by atoms with Crippen LogP contribution in [0.1, 0.15) is 39.1 Å². The Morgan fingerprint density at radius 2 is 1.94 bits per heavy atom. The van der Waals surface area contributed by atoms with E-state index in [1.807, 2.05) is 0 Å². The maximum atomic E-state index is 13.1. The molecule has 3 N–H and O–H groups in total. The van der Waals surface area contributed by atoms with Gasteiger partial charge in [0.2, 0.25) is 5.91 Å². The third-order valence-electron chi connectivity index (χ3n) is 5.89. The van der Waals surface area contributed by atoms with E-state index in [9.17, 15) is 14.4 Å². The largest absolute Gasteiger partial charge is 0.458 e. The number of carbonyl (C=O) groups excluding carboxylic acids is 3. The summed E-state index contributed by atoms with van der Waals surface area (Å²) in [6, 6.07) is 9.17. The molecule has 36 heavy (non-hydrogen) atoms. The number of rotatable bonds is 6. The van der Waals surface area contributed by atoms with E-state index in [0.29, 0.717) is 36.7 Å². The number of amides is 3. The van der Waals surface area contributed by atoms with E-state index in [-0.39, 0.29) is 36.6 Å². The molecule has 1 aromatic carbocycles. The molecule has 186 valence electrons. The Balaban J connectivity index is 1.39. The second-order valence-electron chi connectivity index (χ2n) is 8.21. The molecule has 0 radical (unpaired) electrons. The molecule has 3 amide bonds. The number of likely N-dealkylation sites (tertiary alicyclic amines) is 1. The number of thiophene rings is 1. The normalized spacial score (nSPS) is 17.6. The summed E-state index contributed by atoms with van der Waals surface area (Å²) in [5, 5.41) is 13.6. The number of urea groups is 1. The Bertz CT molecular complexity index is 1300. The molecule has 0 spiro atoms. The van der Waals surface area contributed by atoms with Gasteiger partial charge in [-0.25, -0.2) is 4.79 Å².